The summed E-state index contributed by atoms with van der Waals surface area (Å²) in [6.45, 7) is 5.37. The summed E-state index contributed by atoms with van der Waals surface area (Å²) in [6.07, 6.45) is 0. The maximum Gasteiger partial charge on any atom is 0.338 e. The van der Waals surface area contributed by atoms with Gasteiger partial charge in [0.2, 0.25) is 0 Å². The molecule has 7 nitrogen and oxygen atoms in total. The Hall–Kier alpha value is -3.61. The molecule has 162 valence electrons. The number of ketones is 1. The molecule has 0 aliphatic carbocycles. The zero-order valence-corrected chi connectivity index (χ0v) is 18.1. The number of hydrogen-bond acceptors (Lipinski definition) is 5. The normalized spacial score (nSPS) is 16.1. The van der Waals surface area contributed by atoms with Crippen molar-refractivity contribution in [2.75, 3.05) is 20.3 Å². The fourth-order valence-corrected chi connectivity index (χ4v) is 3.42. The zero-order valence-electron chi connectivity index (χ0n) is 18.1. The van der Waals surface area contributed by atoms with Gasteiger partial charge in [-0.15, -0.1) is 0 Å². The molecule has 1 N–H and O–H groups in total. The van der Waals surface area contributed by atoms with E-state index in [9.17, 15) is 14.4 Å². The molecular formula is C24H26N2O5. The van der Waals surface area contributed by atoms with Crippen molar-refractivity contribution in [1.29, 1.82) is 0 Å². The number of Topliss-reactive ketones (excluding diaryl/α,β-unsaturated/α-hetero) is 1. The van der Waals surface area contributed by atoms with Crippen molar-refractivity contribution in [3.8, 4) is 5.75 Å². The molecular weight excluding hydrogens is 396 g/mol. The second-order valence-corrected chi connectivity index (χ2v) is 7.31. The van der Waals surface area contributed by atoms with Crippen LogP contribution >= 0.6 is 0 Å². The third-order valence-corrected chi connectivity index (χ3v) is 5.08. The van der Waals surface area contributed by atoms with Crippen molar-refractivity contribution in [3.63, 3.8) is 0 Å². The van der Waals surface area contributed by atoms with Crippen LogP contribution in [0.15, 0.2) is 59.8 Å². The van der Waals surface area contributed by atoms with Gasteiger partial charge in [-0.1, -0.05) is 29.8 Å². The zero-order chi connectivity index (χ0) is 22.5. The Morgan fingerprint density at radius 1 is 1.13 bits per heavy atom. The molecule has 2 amide bonds. The maximum absolute atomic E-state index is 12.9. The van der Waals surface area contributed by atoms with E-state index in [1.807, 2.05) is 31.2 Å². The fraction of sp³-hybridized carbons (Fsp3) is 0.292. The predicted molar refractivity (Wildman–Crippen MR) is 116 cm³/mol. The van der Waals surface area contributed by atoms with Crippen molar-refractivity contribution >= 4 is 17.8 Å². The second-order valence-electron chi connectivity index (χ2n) is 7.31. The summed E-state index contributed by atoms with van der Waals surface area (Å²) in [7, 11) is 1.58. The minimum absolute atomic E-state index is 0.0141. The lowest BCUT2D eigenvalue weighted by Crippen LogP contribution is -2.48. The summed E-state index contributed by atoms with van der Waals surface area (Å²) in [5, 5.41) is 2.88. The van der Waals surface area contributed by atoms with E-state index in [2.05, 4.69) is 5.32 Å². The number of ether oxygens (including phenoxy) is 2. The molecule has 1 aliphatic rings. The minimum Gasteiger partial charge on any atom is -0.487 e. The van der Waals surface area contributed by atoms with Crippen LogP contribution in [0, 0.1) is 6.92 Å². The van der Waals surface area contributed by atoms with Gasteiger partial charge >= 0.3 is 12.0 Å². The highest BCUT2D eigenvalue weighted by Gasteiger charge is 2.37. The number of aryl methyl sites for hydroxylation is 1. The quantitative estimate of drug-likeness (QED) is 0.542. The lowest BCUT2D eigenvalue weighted by atomic mass is 9.94. The van der Waals surface area contributed by atoms with Crippen molar-refractivity contribution in [2.24, 2.45) is 0 Å². The van der Waals surface area contributed by atoms with Gasteiger partial charge < -0.3 is 14.8 Å². The molecule has 2 aromatic rings. The molecule has 0 fully saturated rings. The van der Waals surface area contributed by atoms with E-state index < -0.39 is 12.0 Å². The molecule has 0 radical (unpaired) electrons. The summed E-state index contributed by atoms with van der Waals surface area (Å²) in [5.41, 5.74) is 3.12. The molecule has 0 bridgehead atoms. The van der Waals surface area contributed by atoms with Gasteiger partial charge in [0, 0.05) is 12.6 Å². The first kappa shape index (κ1) is 22.1. The van der Waals surface area contributed by atoms with E-state index in [1.165, 1.54) is 11.8 Å². The molecule has 0 aromatic heterocycles. The van der Waals surface area contributed by atoms with Crippen molar-refractivity contribution in [1.82, 2.24) is 10.2 Å². The van der Waals surface area contributed by atoms with Crippen LogP contribution in [0.1, 0.15) is 41.4 Å². The van der Waals surface area contributed by atoms with Crippen LogP contribution in [0.2, 0.25) is 0 Å². The topological polar surface area (TPSA) is 84.9 Å². The van der Waals surface area contributed by atoms with Crippen LogP contribution in [0.4, 0.5) is 4.79 Å². The molecule has 1 aliphatic heterocycles. The number of likely N-dealkylation sites (N-methyl/N-ethyl adjacent to an activating group) is 1. The van der Waals surface area contributed by atoms with Crippen LogP contribution in [0.5, 0.6) is 5.75 Å². The molecule has 31 heavy (non-hydrogen) atoms. The van der Waals surface area contributed by atoms with Gasteiger partial charge in [0.15, 0.2) is 5.78 Å². The van der Waals surface area contributed by atoms with E-state index in [0.717, 1.165) is 11.1 Å². The highest BCUT2D eigenvalue weighted by molar-refractivity contribution is 5.95. The number of nitrogens with zero attached hydrogens (tertiary/aromatic N) is 1. The molecule has 0 unspecified atom stereocenters. The largest absolute Gasteiger partial charge is 0.487 e. The Morgan fingerprint density at radius 3 is 2.45 bits per heavy atom. The third-order valence-electron chi connectivity index (χ3n) is 5.08. The second kappa shape index (κ2) is 9.47. The van der Waals surface area contributed by atoms with Crippen molar-refractivity contribution in [3.05, 3.63) is 76.5 Å². The first-order valence-electron chi connectivity index (χ1n) is 10.1. The number of esters is 1. The fourth-order valence-electron chi connectivity index (χ4n) is 3.42. The Kier molecular flexibility index (Phi) is 6.74. The van der Waals surface area contributed by atoms with Crippen LogP contribution in [0.3, 0.4) is 0 Å². The van der Waals surface area contributed by atoms with E-state index in [-0.39, 0.29) is 25.0 Å². The Labute approximate surface area is 181 Å². The van der Waals surface area contributed by atoms with Crippen molar-refractivity contribution < 1.29 is 23.9 Å². The predicted octanol–water partition coefficient (Wildman–Crippen LogP) is 3.79. The van der Waals surface area contributed by atoms with E-state index in [4.69, 9.17) is 9.47 Å². The Morgan fingerprint density at radius 2 is 1.84 bits per heavy atom. The molecule has 2 aromatic carbocycles. The van der Waals surface area contributed by atoms with Gasteiger partial charge in [-0.2, -0.15) is 0 Å². The van der Waals surface area contributed by atoms with Gasteiger partial charge in [0.05, 0.1) is 23.9 Å². The lowest BCUT2D eigenvalue weighted by molar-refractivity contribution is -0.139. The van der Waals surface area contributed by atoms with E-state index >= 15 is 0 Å². The minimum atomic E-state index is -0.652. The van der Waals surface area contributed by atoms with Gasteiger partial charge in [-0.05, 0) is 50.6 Å². The average Bonchev–Trinajstić information content (AvgIpc) is 2.74. The van der Waals surface area contributed by atoms with Gasteiger partial charge in [-0.25, -0.2) is 9.59 Å². The van der Waals surface area contributed by atoms with E-state index in [0.29, 0.717) is 22.6 Å². The molecule has 7 heteroatoms. The Bertz CT molecular complexity index is 1030. The number of carbonyl (C=O) groups excluding carboxylic acids is 3. The molecule has 0 saturated carbocycles. The average molecular weight is 422 g/mol. The third kappa shape index (κ3) is 4.94. The number of benzene rings is 2. The number of hydrogen-bond donors (Lipinski definition) is 1. The smallest absolute Gasteiger partial charge is 0.338 e. The summed E-state index contributed by atoms with van der Waals surface area (Å²) >= 11 is 0. The molecule has 0 spiro atoms. The van der Waals surface area contributed by atoms with Crippen molar-refractivity contribution in [2.45, 2.75) is 26.8 Å². The first-order chi connectivity index (χ1) is 14.8. The highest BCUT2D eigenvalue weighted by atomic mass is 16.5. The molecule has 0 saturated heterocycles. The van der Waals surface area contributed by atoms with Crippen LogP contribution in [-0.4, -0.2) is 42.9 Å². The number of carbonyl (C=O) groups is 3. The summed E-state index contributed by atoms with van der Waals surface area (Å²) in [6, 6.07) is 13.3. The summed E-state index contributed by atoms with van der Waals surface area (Å²) in [5.74, 6) is -0.0258. The Balaban J connectivity index is 1.99. The summed E-state index contributed by atoms with van der Waals surface area (Å²) < 4.78 is 11.2. The molecule has 3 rings (SSSR count). The lowest BCUT2D eigenvalue weighted by Gasteiger charge is -2.34. The molecule has 1 atom stereocenters. The monoisotopic (exact) mass is 422 g/mol. The first-order valence-corrected chi connectivity index (χ1v) is 10.1. The summed E-state index contributed by atoms with van der Waals surface area (Å²) in [4.78, 5) is 38.4. The highest BCUT2D eigenvalue weighted by Crippen LogP contribution is 2.31. The number of nitrogens with one attached hydrogen (secondary N) is 1. The number of rotatable bonds is 7. The van der Waals surface area contributed by atoms with Crippen LogP contribution in [0.25, 0.3) is 0 Å². The maximum atomic E-state index is 12.9. The number of amides is 2. The standard InChI is InChI=1S/C24H26N2O5/c1-5-30-23(28)21-20(14-31-19-11-9-17(10-12-19)16(3)27)26(4)24(29)25-22(21)18-8-6-7-15(2)13-18/h6-13,22H,5,14H2,1-4H3,(H,25,29)/t22-/m0/s1. The van der Waals surface area contributed by atoms with E-state index in [1.54, 1.807) is 38.2 Å². The number of urea groups is 1. The van der Waals surface area contributed by atoms with Gasteiger partial charge in [0.25, 0.3) is 0 Å². The van der Waals surface area contributed by atoms with Gasteiger partial charge in [-0.3, -0.25) is 9.69 Å². The van der Waals surface area contributed by atoms with Crippen LogP contribution in [-0.2, 0) is 9.53 Å². The molecule has 1 heterocycles. The van der Waals surface area contributed by atoms with Gasteiger partial charge in [0.1, 0.15) is 12.4 Å². The SMILES string of the molecule is CCOC(=O)C1=C(COc2ccc(C(C)=O)cc2)N(C)C(=O)N[C@H]1c1cccc(C)c1. The van der Waals surface area contributed by atoms with Crippen LogP contribution < -0.4 is 10.1 Å².